The number of nitrogens with zero attached hydrogens (tertiary/aromatic N) is 1. The molecule has 7 heteroatoms. The Bertz CT molecular complexity index is 931. The Morgan fingerprint density at radius 1 is 1.07 bits per heavy atom. The second-order valence-corrected chi connectivity index (χ2v) is 8.60. The molecule has 1 atom stereocenters. The smallest absolute Gasteiger partial charge is 0.335 e. The lowest BCUT2D eigenvalue weighted by atomic mass is 10.0. The third-order valence-electron chi connectivity index (χ3n) is 4.92. The van der Waals surface area contributed by atoms with Gasteiger partial charge in [-0.2, -0.15) is 4.31 Å². The fourth-order valence-corrected chi connectivity index (χ4v) is 4.79. The fourth-order valence-electron chi connectivity index (χ4n) is 3.20. The molecule has 2 aromatic rings. The maximum absolute atomic E-state index is 12.9. The number of hydrogen-bond donors (Lipinski definition) is 1. The van der Waals surface area contributed by atoms with Crippen molar-refractivity contribution >= 4 is 16.0 Å². The second kappa shape index (κ2) is 7.80. The van der Waals surface area contributed by atoms with Gasteiger partial charge >= 0.3 is 5.97 Å². The van der Waals surface area contributed by atoms with Crippen LogP contribution in [-0.4, -0.2) is 44.0 Å². The molecule has 0 bridgehead atoms. The van der Waals surface area contributed by atoms with Crippen LogP contribution in [0.1, 0.15) is 41.8 Å². The maximum Gasteiger partial charge on any atom is 0.335 e. The number of carboxylic acids is 1. The Hall–Kier alpha value is -2.22. The minimum absolute atomic E-state index is 0.0219. The molecule has 6 nitrogen and oxygen atoms in total. The van der Waals surface area contributed by atoms with Crippen LogP contribution in [0.2, 0.25) is 0 Å². The zero-order valence-corrected chi connectivity index (χ0v) is 16.2. The van der Waals surface area contributed by atoms with Crippen molar-refractivity contribution in [2.24, 2.45) is 0 Å². The van der Waals surface area contributed by atoms with Gasteiger partial charge in [-0.1, -0.05) is 24.3 Å². The fraction of sp³-hybridized carbons (Fsp3) is 0.350. The number of ether oxygens (including phenoxy) is 1. The van der Waals surface area contributed by atoms with Crippen molar-refractivity contribution in [1.82, 2.24) is 4.31 Å². The number of aromatic carboxylic acids is 1. The van der Waals surface area contributed by atoms with E-state index in [1.54, 1.807) is 13.2 Å². The standard InChI is InChI=1S/C20H23NO5S/c1-14(26-2)15-5-7-16(8-6-15)17-11-18(20(22)23)13-19(12-17)27(24,25)21-9-3-4-10-21/h5-8,11-14H,3-4,9-10H2,1-2H3,(H,22,23)/t14-/m0/s1. The van der Waals surface area contributed by atoms with Crippen LogP contribution in [0.4, 0.5) is 0 Å². The number of carbonyl (C=O) groups is 1. The highest BCUT2D eigenvalue weighted by Crippen LogP contribution is 2.29. The summed E-state index contributed by atoms with van der Waals surface area (Å²) in [6, 6.07) is 11.8. The first-order valence-corrected chi connectivity index (χ1v) is 10.3. The van der Waals surface area contributed by atoms with E-state index >= 15 is 0 Å². The summed E-state index contributed by atoms with van der Waals surface area (Å²) in [5, 5.41) is 9.44. The van der Waals surface area contributed by atoms with Gasteiger partial charge in [-0.15, -0.1) is 0 Å². The predicted molar refractivity (Wildman–Crippen MR) is 102 cm³/mol. The summed E-state index contributed by atoms with van der Waals surface area (Å²) in [7, 11) is -2.07. The van der Waals surface area contributed by atoms with Crippen molar-refractivity contribution in [1.29, 1.82) is 0 Å². The number of methoxy groups -OCH3 is 1. The molecule has 3 rings (SSSR count). The van der Waals surface area contributed by atoms with Gasteiger partial charge in [-0.05, 0) is 54.7 Å². The van der Waals surface area contributed by atoms with Crippen molar-refractivity contribution in [3.05, 3.63) is 53.6 Å². The van der Waals surface area contributed by atoms with E-state index < -0.39 is 16.0 Å². The summed E-state index contributed by atoms with van der Waals surface area (Å²) >= 11 is 0. The van der Waals surface area contributed by atoms with E-state index in [4.69, 9.17) is 4.74 Å². The molecular weight excluding hydrogens is 366 g/mol. The lowest BCUT2D eigenvalue weighted by Gasteiger charge is -2.17. The highest BCUT2D eigenvalue weighted by molar-refractivity contribution is 7.89. The first-order valence-electron chi connectivity index (χ1n) is 8.84. The van der Waals surface area contributed by atoms with Crippen molar-refractivity contribution in [3.63, 3.8) is 0 Å². The lowest BCUT2D eigenvalue weighted by Crippen LogP contribution is -2.28. The quantitative estimate of drug-likeness (QED) is 0.817. The molecule has 27 heavy (non-hydrogen) atoms. The van der Waals surface area contributed by atoms with Crippen LogP contribution in [0.25, 0.3) is 11.1 Å². The molecule has 1 heterocycles. The minimum Gasteiger partial charge on any atom is -0.478 e. The van der Waals surface area contributed by atoms with Crippen LogP contribution in [0, 0.1) is 0 Å². The van der Waals surface area contributed by atoms with Gasteiger partial charge in [0.05, 0.1) is 16.6 Å². The van der Waals surface area contributed by atoms with Gasteiger partial charge in [0.1, 0.15) is 0 Å². The van der Waals surface area contributed by atoms with Crippen LogP contribution in [0.15, 0.2) is 47.4 Å². The van der Waals surface area contributed by atoms with E-state index in [1.165, 1.54) is 16.4 Å². The number of benzene rings is 2. The molecule has 0 amide bonds. The summed E-state index contributed by atoms with van der Waals surface area (Å²) in [4.78, 5) is 11.6. The summed E-state index contributed by atoms with van der Waals surface area (Å²) in [5.41, 5.74) is 2.26. The molecule has 1 N–H and O–H groups in total. The average Bonchev–Trinajstić information content (AvgIpc) is 3.22. The lowest BCUT2D eigenvalue weighted by molar-refractivity contribution is 0.0696. The number of rotatable bonds is 6. The molecule has 0 aliphatic carbocycles. The molecule has 0 aromatic heterocycles. The molecule has 144 valence electrons. The number of sulfonamides is 1. The Balaban J connectivity index is 2.05. The van der Waals surface area contributed by atoms with Gasteiger partial charge < -0.3 is 9.84 Å². The molecule has 0 unspecified atom stereocenters. The molecule has 1 saturated heterocycles. The highest BCUT2D eigenvalue weighted by atomic mass is 32.2. The van der Waals surface area contributed by atoms with Crippen LogP contribution >= 0.6 is 0 Å². The number of carboxylic acid groups (broad SMARTS) is 1. The Labute approximate surface area is 159 Å². The van der Waals surface area contributed by atoms with Gasteiger partial charge in [0, 0.05) is 20.2 Å². The van der Waals surface area contributed by atoms with E-state index in [0.29, 0.717) is 18.7 Å². The molecule has 2 aromatic carbocycles. The third-order valence-corrected chi connectivity index (χ3v) is 6.80. The van der Waals surface area contributed by atoms with Gasteiger partial charge in [-0.3, -0.25) is 0 Å². The summed E-state index contributed by atoms with van der Waals surface area (Å²) < 4.78 is 32.5. The predicted octanol–water partition coefficient (Wildman–Crippen LogP) is 3.54. The second-order valence-electron chi connectivity index (χ2n) is 6.66. The van der Waals surface area contributed by atoms with E-state index in [9.17, 15) is 18.3 Å². The van der Waals surface area contributed by atoms with Crippen LogP contribution in [0.3, 0.4) is 0 Å². The summed E-state index contributed by atoms with van der Waals surface area (Å²) in [6.45, 7) is 2.87. The van der Waals surface area contributed by atoms with Crippen LogP contribution < -0.4 is 0 Å². The average molecular weight is 389 g/mol. The van der Waals surface area contributed by atoms with Gasteiger partial charge in [0.15, 0.2) is 0 Å². The van der Waals surface area contributed by atoms with Crippen molar-refractivity contribution < 1.29 is 23.1 Å². The Morgan fingerprint density at radius 3 is 2.26 bits per heavy atom. The van der Waals surface area contributed by atoms with E-state index in [2.05, 4.69) is 0 Å². The first kappa shape index (κ1) is 19.5. The zero-order valence-electron chi connectivity index (χ0n) is 15.4. The molecule has 0 saturated carbocycles. The Morgan fingerprint density at radius 2 is 1.70 bits per heavy atom. The summed E-state index contributed by atoms with van der Waals surface area (Å²) in [6.07, 6.45) is 1.59. The Kier molecular flexibility index (Phi) is 5.64. The monoisotopic (exact) mass is 389 g/mol. The maximum atomic E-state index is 12.9. The van der Waals surface area contributed by atoms with E-state index in [1.807, 2.05) is 31.2 Å². The molecule has 1 aliphatic heterocycles. The van der Waals surface area contributed by atoms with E-state index in [0.717, 1.165) is 24.0 Å². The van der Waals surface area contributed by atoms with Gasteiger partial charge in [0.25, 0.3) is 0 Å². The normalized spacial score (nSPS) is 16.4. The van der Waals surface area contributed by atoms with Crippen LogP contribution in [-0.2, 0) is 14.8 Å². The van der Waals surface area contributed by atoms with Crippen molar-refractivity contribution in [2.75, 3.05) is 20.2 Å². The largest absolute Gasteiger partial charge is 0.478 e. The molecule has 1 aliphatic rings. The first-order chi connectivity index (χ1) is 12.8. The molecule has 0 spiro atoms. The van der Waals surface area contributed by atoms with Gasteiger partial charge in [-0.25, -0.2) is 13.2 Å². The summed E-state index contributed by atoms with van der Waals surface area (Å²) in [5.74, 6) is -1.15. The van der Waals surface area contributed by atoms with E-state index in [-0.39, 0.29) is 16.6 Å². The SMILES string of the molecule is CO[C@@H](C)c1ccc(-c2cc(C(=O)O)cc(S(=O)(=O)N3CCCC3)c2)cc1. The number of hydrogen-bond acceptors (Lipinski definition) is 4. The van der Waals surface area contributed by atoms with Crippen LogP contribution in [0.5, 0.6) is 0 Å². The zero-order chi connectivity index (χ0) is 19.6. The van der Waals surface area contributed by atoms with Crippen molar-refractivity contribution in [3.8, 4) is 11.1 Å². The molecule has 0 radical (unpaired) electrons. The minimum atomic E-state index is -3.70. The van der Waals surface area contributed by atoms with Crippen molar-refractivity contribution in [2.45, 2.75) is 30.8 Å². The van der Waals surface area contributed by atoms with Gasteiger partial charge in [0.2, 0.25) is 10.0 Å². The molecular formula is C20H23NO5S. The molecule has 1 fully saturated rings. The third kappa shape index (κ3) is 4.05. The topological polar surface area (TPSA) is 83.9 Å². The highest BCUT2D eigenvalue weighted by Gasteiger charge is 2.28.